The Morgan fingerprint density at radius 3 is 2.78 bits per heavy atom. The van der Waals surface area contributed by atoms with E-state index in [0.717, 1.165) is 5.69 Å². The molecule has 0 bridgehead atoms. The predicted molar refractivity (Wildman–Crippen MR) is 63.0 cm³/mol. The van der Waals surface area contributed by atoms with Gasteiger partial charge in [-0.3, -0.25) is 14.3 Å². The number of primary amides is 1. The molecule has 94 valence electrons. The molecule has 2 heterocycles. The Labute approximate surface area is 102 Å². The van der Waals surface area contributed by atoms with Crippen LogP contribution in [-0.2, 0) is 7.05 Å². The smallest absolute Gasteiger partial charge is 0.275 e. The van der Waals surface area contributed by atoms with Crippen LogP contribution >= 0.6 is 0 Å². The lowest BCUT2D eigenvalue weighted by molar-refractivity contribution is 0.0972. The van der Waals surface area contributed by atoms with Gasteiger partial charge in [0, 0.05) is 13.1 Å². The summed E-state index contributed by atoms with van der Waals surface area (Å²) in [5, 5.41) is 6.70. The highest BCUT2D eigenvalue weighted by atomic mass is 16.2. The van der Waals surface area contributed by atoms with Gasteiger partial charge in [-0.05, 0) is 6.92 Å². The van der Waals surface area contributed by atoms with Gasteiger partial charge in [-0.25, -0.2) is 4.98 Å². The topological polar surface area (TPSA) is 119 Å². The largest absolute Gasteiger partial charge is 0.364 e. The third kappa shape index (κ3) is 2.08. The van der Waals surface area contributed by atoms with Crippen molar-refractivity contribution in [2.45, 2.75) is 6.92 Å². The lowest BCUT2D eigenvalue weighted by atomic mass is 10.3. The third-order valence-electron chi connectivity index (χ3n) is 2.34. The highest BCUT2D eigenvalue weighted by Crippen LogP contribution is 2.10. The zero-order valence-corrected chi connectivity index (χ0v) is 9.89. The van der Waals surface area contributed by atoms with E-state index in [1.54, 1.807) is 20.0 Å². The van der Waals surface area contributed by atoms with Gasteiger partial charge < -0.3 is 16.0 Å². The van der Waals surface area contributed by atoms with E-state index in [1.807, 2.05) is 0 Å². The van der Waals surface area contributed by atoms with Crippen molar-refractivity contribution >= 4 is 17.6 Å². The Morgan fingerprint density at radius 1 is 1.50 bits per heavy atom. The van der Waals surface area contributed by atoms with E-state index in [1.165, 1.54) is 11.0 Å². The van der Waals surface area contributed by atoms with E-state index in [-0.39, 0.29) is 11.4 Å². The molecule has 2 aromatic rings. The lowest BCUT2D eigenvalue weighted by Gasteiger charge is -2.04. The fraction of sp³-hybridized carbons (Fsp3) is 0.200. The number of nitrogens with one attached hydrogen (secondary N) is 2. The molecule has 8 heteroatoms. The van der Waals surface area contributed by atoms with Crippen molar-refractivity contribution < 1.29 is 9.59 Å². The summed E-state index contributed by atoms with van der Waals surface area (Å²) in [7, 11) is 1.70. The molecule has 0 aliphatic heterocycles. The molecule has 4 N–H and O–H groups in total. The molecule has 0 saturated carbocycles. The molecule has 0 radical (unpaired) electrons. The van der Waals surface area contributed by atoms with Gasteiger partial charge in [0.15, 0.2) is 5.69 Å². The zero-order valence-electron chi connectivity index (χ0n) is 9.89. The van der Waals surface area contributed by atoms with Gasteiger partial charge in [0.05, 0.1) is 12.0 Å². The molecular weight excluding hydrogens is 236 g/mol. The van der Waals surface area contributed by atoms with Crippen LogP contribution in [0.3, 0.4) is 0 Å². The van der Waals surface area contributed by atoms with Crippen molar-refractivity contribution in [1.29, 1.82) is 0 Å². The average Bonchev–Trinajstić information content (AvgIpc) is 2.86. The number of aromatic amines is 1. The maximum absolute atomic E-state index is 11.9. The highest BCUT2D eigenvalue weighted by molar-refractivity contribution is 6.09. The molecule has 0 fully saturated rings. The summed E-state index contributed by atoms with van der Waals surface area (Å²) in [5.41, 5.74) is 5.81. The van der Waals surface area contributed by atoms with E-state index in [9.17, 15) is 9.59 Å². The van der Waals surface area contributed by atoms with Gasteiger partial charge >= 0.3 is 0 Å². The second-order valence-electron chi connectivity index (χ2n) is 3.74. The number of hydrogen-bond donors (Lipinski definition) is 3. The number of carbonyl (C=O) groups is 2. The van der Waals surface area contributed by atoms with Gasteiger partial charge in [-0.1, -0.05) is 0 Å². The number of anilines is 1. The van der Waals surface area contributed by atoms with Crippen LogP contribution < -0.4 is 11.1 Å². The van der Waals surface area contributed by atoms with Crippen LogP contribution in [0.4, 0.5) is 5.82 Å². The molecule has 0 aliphatic rings. The molecule has 2 aromatic heterocycles. The molecule has 2 rings (SSSR count). The number of rotatable bonds is 3. The lowest BCUT2D eigenvalue weighted by Crippen LogP contribution is -2.21. The molecule has 0 spiro atoms. The molecule has 0 atom stereocenters. The van der Waals surface area contributed by atoms with E-state index in [0.29, 0.717) is 5.82 Å². The Balaban J connectivity index is 2.25. The summed E-state index contributed by atoms with van der Waals surface area (Å²) < 4.78 is 1.52. The van der Waals surface area contributed by atoms with E-state index in [2.05, 4.69) is 20.4 Å². The first-order chi connectivity index (χ1) is 8.49. The first kappa shape index (κ1) is 11.8. The predicted octanol–water partition coefficient (Wildman–Crippen LogP) is -0.197. The van der Waals surface area contributed by atoms with E-state index < -0.39 is 11.8 Å². The van der Waals surface area contributed by atoms with Crippen LogP contribution in [0.5, 0.6) is 0 Å². The zero-order chi connectivity index (χ0) is 13.3. The van der Waals surface area contributed by atoms with Gasteiger partial charge in [0.1, 0.15) is 11.5 Å². The summed E-state index contributed by atoms with van der Waals surface area (Å²) in [5.74, 6) is -0.741. The second-order valence-corrected chi connectivity index (χ2v) is 3.74. The molecule has 0 aliphatic carbocycles. The van der Waals surface area contributed by atoms with E-state index in [4.69, 9.17) is 5.73 Å². The normalized spacial score (nSPS) is 10.3. The minimum Gasteiger partial charge on any atom is -0.364 e. The molecule has 0 aromatic carbocycles. The molecule has 0 saturated heterocycles. The fourth-order valence-electron chi connectivity index (χ4n) is 1.56. The number of imidazole rings is 1. The Morgan fingerprint density at radius 2 is 2.22 bits per heavy atom. The van der Waals surface area contributed by atoms with Crippen molar-refractivity contribution in [3.63, 3.8) is 0 Å². The number of nitrogens with two attached hydrogens (primary N) is 1. The minimum absolute atomic E-state index is 0.0290. The van der Waals surface area contributed by atoms with Crippen molar-refractivity contribution in [2.75, 3.05) is 5.32 Å². The van der Waals surface area contributed by atoms with Crippen LogP contribution in [0.25, 0.3) is 0 Å². The van der Waals surface area contributed by atoms with Crippen LogP contribution in [0.1, 0.15) is 26.7 Å². The third-order valence-corrected chi connectivity index (χ3v) is 2.34. The summed E-state index contributed by atoms with van der Waals surface area (Å²) in [4.78, 5) is 29.3. The van der Waals surface area contributed by atoms with Crippen molar-refractivity contribution in [3.05, 3.63) is 29.5 Å². The van der Waals surface area contributed by atoms with Crippen LogP contribution in [-0.4, -0.2) is 31.6 Å². The number of hydrogen-bond acceptors (Lipinski definition) is 4. The quantitative estimate of drug-likeness (QED) is 0.697. The molecule has 0 unspecified atom stereocenters. The average molecular weight is 248 g/mol. The molecular formula is C10H12N6O2. The van der Waals surface area contributed by atoms with E-state index >= 15 is 0 Å². The number of aromatic nitrogens is 4. The fourth-order valence-corrected chi connectivity index (χ4v) is 1.56. The second kappa shape index (κ2) is 4.32. The van der Waals surface area contributed by atoms with Gasteiger partial charge in [-0.15, -0.1) is 0 Å². The molecule has 18 heavy (non-hydrogen) atoms. The number of H-pyrrole nitrogens is 1. The number of carbonyl (C=O) groups excluding carboxylic acids is 2. The Hall–Kier alpha value is -2.64. The number of nitrogens with zero attached hydrogens (tertiary/aromatic N) is 3. The van der Waals surface area contributed by atoms with Crippen molar-refractivity contribution in [1.82, 2.24) is 19.7 Å². The number of aryl methyl sites for hydroxylation is 2. The van der Waals surface area contributed by atoms with Crippen LogP contribution in [0.15, 0.2) is 12.4 Å². The monoisotopic (exact) mass is 248 g/mol. The van der Waals surface area contributed by atoms with Gasteiger partial charge in [0.25, 0.3) is 11.8 Å². The molecule has 8 nitrogen and oxygen atoms in total. The summed E-state index contributed by atoms with van der Waals surface area (Å²) in [6.45, 7) is 1.81. The maximum atomic E-state index is 11.9. The minimum atomic E-state index is -0.761. The standard InChI is InChI=1S/C10H12N6O2/c1-5-3-6(16(2)15-5)14-10(18)8-7(9(11)17)12-4-13-8/h3-4H,1-2H3,(H2,11,17)(H,12,13)(H,14,18). The highest BCUT2D eigenvalue weighted by Gasteiger charge is 2.19. The first-order valence-electron chi connectivity index (χ1n) is 5.14. The van der Waals surface area contributed by atoms with Crippen LogP contribution in [0.2, 0.25) is 0 Å². The summed E-state index contributed by atoms with van der Waals surface area (Å²) in [6.07, 6.45) is 1.24. The Kier molecular flexibility index (Phi) is 2.84. The van der Waals surface area contributed by atoms with Crippen molar-refractivity contribution in [2.24, 2.45) is 12.8 Å². The van der Waals surface area contributed by atoms with Gasteiger partial charge in [-0.2, -0.15) is 5.10 Å². The molecule has 2 amide bonds. The van der Waals surface area contributed by atoms with Crippen LogP contribution in [0, 0.1) is 6.92 Å². The van der Waals surface area contributed by atoms with Crippen molar-refractivity contribution in [3.8, 4) is 0 Å². The maximum Gasteiger partial charge on any atom is 0.275 e. The Bertz CT molecular complexity index is 612. The number of amides is 2. The SMILES string of the molecule is Cc1cc(NC(=O)c2[nH]cnc2C(N)=O)n(C)n1. The van der Waals surface area contributed by atoms with Gasteiger partial charge in [0.2, 0.25) is 0 Å². The summed E-state index contributed by atoms with van der Waals surface area (Å²) >= 11 is 0. The summed E-state index contributed by atoms with van der Waals surface area (Å²) in [6, 6.07) is 1.71. The first-order valence-corrected chi connectivity index (χ1v) is 5.14.